The molecule has 0 unspecified atom stereocenters. The van der Waals surface area contributed by atoms with Crippen LogP contribution in [0.2, 0.25) is 0 Å². The first-order valence-electron chi connectivity index (χ1n) is 5.93. The summed E-state index contributed by atoms with van der Waals surface area (Å²) in [5.41, 5.74) is 2.47. The highest BCUT2D eigenvalue weighted by Gasteiger charge is 2.18. The summed E-state index contributed by atoms with van der Waals surface area (Å²) in [7, 11) is 1.97. The first-order valence-corrected chi connectivity index (χ1v) is 7.00. The van der Waals surface area contributed by atoms with E-state index in [0.717, 1.165) is 10.2 Å². The number of aliphatic hydroxyl groups is 1. The maximum Gasteiger partial charge on any atom is 0.128 e. The predicted octanol–water partition coefficient (Wildman–Crippen LogP) is 1.92. The van der Waals surface area contributed by atoms with Crippen molar-refractivity contribution < 1.29 is 5.11 Å². The molecule has 0 aromatic carbocycles. The number of hydrogen-bond donors (Lipinski definition) is 1. The van der Waals surface area contributed by atoms with E-state index in [0.29, 0.717) is 12.6 Å². The van der Waals surface area contributed by atoms with Crippen LogP contribution in [0.1, 0.15) is 32.0 Å². The van der Waals surface area contributed by atoms with E-state index in [1.165, 1.54) is 11.3 Å². The molecule has 1 rings (SSSR count). The number of nitrogens with zero attached hydrogens (tertiary/aromatic N) is 3. The summed E-state index contributed by atoms with van der Waals surface area (Å²) < 4.78 is 2.97. The van der Waals surface area contributed by atoms with Crippen LogP contribution in [0, 0.1) is 10.6 Å². The average molecular weight is 351 g/mol. The Bertz CT molecular complexity index is 374. The molecular weight excluding hydrogens is 329 g/mol. The van der Waals surface area contributed by atoms with Gasteiger partial charge < -0.3 is 5.11 Å². The van der Waals surface area contributed by atoms with E-state index < -0.39 is 0 Å². The molecule has 1 atom stereocenters. The van der Waals surface area contributed by atoms with Gasteiger partial charge in [0.05, 0.1) is 6.10 Å². The van der Waals surface area contributed by atoms with Crippen molar-refractivity contribution in [2.45, 2.75) is 46.4 Å². The topological polar surface area (TPSA) is 41.3 Å². The fourth-order valence-electron chi connectivity index (χ4n) is 1.79. The summed E-state index contributed by atoms with van der Waals surface area (Å²) in [4.78, 5) is 2.27. The molecule has 0 spiro atoms. The predicted molar refractivity (Wildman–Crippen MR) is 77.9 cm³/mol. The van der Waals surface area contributed by atoms with E-state index in [9.17, 15) is 5.11 Å². The van der Waals surface area contributed by atoms with E-state index in [4.69, 9.17) is 0 Å². The van der Waals surface area contributed by atoms with E-state index in [-0.39, 0.29) is 6.10 Å². The van der Waals surface area contributed by atoms with Gasteiger partial charge in [-0.05, 0) is 50.3 Å². The monoisotopic (exact) mass is 351 g/mol. The zero-order valence-electron chi connectivity index (χ0n) is 11.2. The minimum Gasteiger partial charge on any atom is -0.392 e. The van der Waals surface area contributed by atoms with Crippen molar-refractivity contribution in [3.8, 4) is 0 Å². The number of aromatic nitrogens is 2. The van der Waals surface area contributed by atoms with E-state index in [2.05, 4.69) is 53.4 Å². The van der Waals surface area contributed by atoms with Crippen LogP contribution < -0.4 is 0 Å². The molecule has 0 aliphatic heterocycles. The van der Waals surface area contributed by atoms with Crippen molar-refractivity contribution in [1.82, 2.24) is 14.7 Å². The second-order valence-corrected chi connectivity index (χ2v) is 5.87. The minimum atomic E-state index is -0.299. The SMILES string of the molecule is Cc1c(CN(C[C@@H](C)O)C(C)C)c(I)nn1C. The lowest BCUT2D eigenvalue weighted by atomic mass is 10.2. The quantitative estimate of drug-likeness (QED) is 0.825. The Balaban J connectivity index is 2.86. The molecule has 4 nitrogen and oxygen atoms in total. The number of halogens is 1. The second kappa shape index (κ2) is 6.15. The molecule has 1 aromatic heterocycles. The molecule has 0 fully saturated rings. The normalized spacial score (nSPS) is 13.7. The van der Waals surface area contributed by atoms with Crippen molar-refractivity contribution in [3.63, 3.8) is 0 Å². The van der Waals surface area contributed by atoms with E-state index in [1.54, 1.807) is 0 Å². The lowest BCUT2D eigenvalue weighted by Crippen LogP contribution is -2.36. The summed E-state index contributed by atoms with van der Waals surface area (Å²) in [6.45, 7) is 9.77. The largest absolute Gasteiger partial charge is 0.392 e. The molecule has 5 heteroatoms. The van der Waals surface area contributed by atoms with Crippen LogP contribution in [0.15, 0.2) is 0 Å². The zero-order chi connectivity index (χ0) is 13.2. The summed E-state index contributed by atoms with van der Waals surface area (Å²) in [5.74, 6) is 0. The third-order valence-corrected chi connectivity index (χ3v) is 3.87. The molecular formula is C12H22IN3O. The van der Waals surface area contributed by atoms with Crippen LogP contribution in [0.4, 0.5) is 0 Å². The maximum absolute atomic E-state index is 9.53. The Labute approximate surface area is 117 Å². The lowest BCUT2D eigenvalue weighted by Gasteiger charge is -2.27. The molecule has 17 heavy (non-hydrogen) atoms. The van der Waals surface area contributed by atoms with E-state index >= 15 is 0 Å². The molecule has 1 aromatic rings. The van der Waals surface area contributed by atoms with Crippen LogP contribution in [-0.2, 0) is 13.6 Å². The molecule has 0 bridgehead atoms. The maximum atomic E-state index is 9.53. The summed E-state index contributed by atoms with van der Waals surface area (Å²) in [5, 5.41) is 13.9. The highest BCUT2D eigenvalue weighted by molar-refractivity contribution is 14.1. The lowest BCUT2D eigenvalue weighted by molar-refractivity contribution is 0.102. The third kappa shape index (κ3) is 3.93. The van der Waals surface area contributed by atoms with E-state index in [1.807, 2.05) is 18.7 Å². The number of aryl methyl sites for hydroxylation is 1. The zero-order valence-corrected chi connectivity index (χ0v) is 13.4. The van der Waals surface area contributed by atoms with Gasteiger partial charge in [0.25, 0.3) is 0 Å². The first-order chi connectivity index (χ1) is 7.82. The fourth-order valence-corrected chi connectivity index (χ4v) is 2.68. The average Bonchev–Trinajstić information content (AvgIpc) is 2.43. The molecule has 0 aliphatic rings. The highest BCUT2D eigenvalue weighted by atomic mass is 127. The number of rotatable bonds is 5. The summed E-state index contributed by atoms with van der Waals surface area (Å²) in [6, 6.07) is 0.417. The van der Waals surface area contributed by atoms with Gasteiger partial charge in [-0.25, -0.2) is 0 Å². The van der Waals surface area contributed by atoms with Crippen LogP contribution >= 0.6 is 22.6 Å². The summed E-state index contributed by atoms with van der Waals surface area (Å²) >= 11 is 2.28. The number of hydrogen-bond acceptors (Lipinski definition) is 3. The fraction of sp³-hybridized carbons (Fsp3) is 0.750. The van der Waals surface area contributed by atoms with Gasteiger partial charge in [0.15, 0.2) is 0 Å². The van der Waals surface area contributed by atoms with Crippen LogP contribution in [0.25, 0.3) is 0 Å². The molecule has 0 amide bonds. The minimum absolute atomic E-state index is 0.299. The van der Waals surface area contributed by atoms with Crippen molar-refractivity contribution >= 4 is 22.6 Å². The molecule has 0 saturated carbocycles. The number of aliphatic hydroxyl groups excluding tert-OH is 1. The Morgan fingerprint density at radius 1 is 1.41 bits per heavy atom. The van der Waals surface area contributed by atoms with Gasteiger partial charge in [0, 0.05) is 37.4 Å². The van der Waals surface area contributed by atoms with Crippen LogP contribution in [0.3, 0.4) is 0 Å². The molecule has 1 heterocycles. The molecule has 98 valence electrons. The highest BCUT2D eigenvalue weighted by Crippen LogP contribution is 2.18. The van der Waals surface area contributed by atoms with Gasteiger partial charge >= 0.3 is 0 Å². The van der Waals surface area contributed by atoms with Crippen molar-refractivity contribution in [2.75, 3.05) is 6.54 Å². The van der Waals surface area contributed by atoms with Gasteiger partial charge in [0.2, 0.25) is 0 Å². The van der Waals surface area contributed by atoms with Crippen LogP contribution in [0.5, 0.6) is 0 Å². The second-order valence-electron chi connectivity index (χ2n) is 4.85. The Morgan fingerprint density at radius 3 is 2.35 bits per heavy atom. The Hall–Kier alpha value is -0.140. The Kier molecular flexibility index (Phi) is 5.40. The molecule has 0 radical (unpaired) electrons. The van der Waals surface area contributed by atoms with Gasteiger partial charge in [-0.3, -0.25) is 9.58 Å². The van der Waals surface area contributed by atoms with Crippen molar-refractivity contribution in [3.05, 3.63) is 15.0 Å². The van der Waals surface area contributed by atoms with Crippen molar-refractivity contribution in [1.29, 1.82) is 0 Å². The molecule has 0 aliphatic carbocycles. The van der Waals surface area contributed by atoms with Crippen LogP contribution in [-0.4, -0.2) is 38.5 Å². The Morgan fingerprint density at radius 2 is 2.00 bits per heavy atom. The third-order valence-electron chi connectivity index (χ3n) is 3.00. The van der Waals surface area contributed by atoms with Gasteiger partial charge in [-0.2, -0.15) is 5.10 Å². The van der Waals surface area contributed by atoms with Gasteiger partial charge in [-0.1, -0.05) is 0 Å². The standard InChI is InChI=1S/C12H22IN3O/c1-8(2)16(6-9(3)17)7-11-10(4)15(5)14-12(11)13/h8-9,17H,6-7H2,1-5H3/t9-/m1/s1. The van der Waals surface area contributed by atoms with Crippen molar-refractivity contribution in [2.24, 2.45) is 7.05 Å². The smallest absolute Gasteiger partial charge is 0.128 e. The first kappa shape index (κ1) is 14.9. The van der Waals surface area contributed by atoms with Gasteiger partial charge in [0.1, 0.15) is 3.70 Å². The molecule has 1 N–H and O–H groups in total. The summed E-state index contributed by atoms with van der Waals surface area (Å²) in [6.07, 6.45) is -0.299. The molecule has 0 saturated heterocycles. The van der Waals surface area contributed by atoms with Gasteiger partial charge in [-0.15, -0.1) is 0 Å².